The van der Waals surface area contributed by atoms with E-state index in [2.05, 4.69) is 14.6 Å². The predicted octanol–water partition coefficient (Wildman–Crippen LogP) is 3.32. The van der Waals surface area contributed by atoms with Gasteiger partial charge in [0.1, 0.15) is 5.82 Å². The van der Waals surface area contributed by atoms with Crippen LogP contribution in [0.3, 0.4) is 0 Å². The highest BCUT2D eigenvalue weighted by Crippen LogP contribution is 2.31. The second-order valence-corrected chi connectivity index (χ2v) is 11.4. The largest absolute Gasteiger partial charge is 0.340 e. The first-order valence-electron chi connectivity index (χ1n) is 11.1. The van der Waals surface area contributed by atoms with Crippen LogP contribution in [0.2, 0.25) is 5.02 Å². The number of hydrogen-bond acceptors (Lipinski definition) is 6. The number of benzene rings is 1. The number of fused-ring (bicyclic) bond motifs is 2. The lowest BCUT2D eigenvalue weighted by Gasteiger charge is -2.20. The smallest absolute Gasteiger partial charge is 0.225 e. The minimum atomic E-state index is -3.53. The number of hydrogen-bond donors (Lipinski definition) is 0. The average molecular weight is 501 g/mol. The normalized spacial score (nSPS) is 16.9. The molecule has 178 valence electrons. The molecule has 34 heavy (non-hydrogen) atoms. The molecule has 0 bridgehead atoms. The molecule has 1 amide bonds. The second kappa shape index (κ2) is 8.35. The molecule has 0 spiro atoms. The summed E-state index contributed by atoms with van der Waals surface area (Å²) < 4.78 is 28.5. The summed E-state index contributed by atoms with van der Waals surface area (Å²) in [5.74, 6) is 0.793. The van der Waals surface area contributed by atoms with Crippen molar-refractivity contribution in [3.8, 4) is 0 Å². The summed E-state index contributed by atoms with van der Waals surface area (Å²) in [4.78, 5) is 23.5. The zero-order valence-electron chi connectivity index (χ0n) is 19.1. The quantitative estimate of drug-likeness (QED) is 0.416. The van der Waals surface area contributed by atoms with Crippen molar-refractivity contribution in [1.82, 2.24) is 29.2 Å². The van der Waals surface area contributed by atoms with E-state index in [-0.39, 0.29) is 29.4 Å². The molecule has 1 aliphatic heterocycles. The fourth-order valence-corrected chi connectivity index (χ4v) is 5.66. The maximum Gasteiger partial charge on any atom is 0.225 e. The highest BCUT2D eigenvalue weighted by atomic mass is 35.5. The number of likely N-dealkylation sites (tertiary alicyclic amines) is 1. The van der Waals surface area contributed by atoms with Crippen LogP contribution < -0.4 is 0 Å². The van der Waals surface area contributed by atoms with E-state index in [1.54, 1.807) is 23.1 Å². The Bertz CT molecular complexity index is 1520. The van der Waals surface area contributed by atoms with Gasteiger partial charge >= 0.3 is 0 Å². The fraction of sp³-hybridized carbons (Fsp3) is 0.391. The Hall–Kier alpha value is -2.98. The first-order chi connectivity index (χ1) is 16.1. The van der Waals surface area contributed by atoms with Gasteiger partial charge in [0.15, 0.2) is 14.9 Å². The van der Waals surface area contributed by atoms with Gasteiger partial charge in [-0.15, -0.1) is 0 Å². The number of aromatic nitrogens is 5. The predicted molar refractivity (Wildman–Crippen MR) is 130 cm³/mol. The van der Waals surface area contributed by atoms with Crippen molar-refractivity contribution in [2.75, 3.05) is 19.3 Å². The zero-order chi connectivity index (χ0) is 24.2. The molecule has 0 saturated carbocycles. The number of rotatable bonds is 5. The van der Waals surface area contributed by atoms with E-state index in [1.807, 2.05) is 36.9 Å². The molecule has 0 N–H and O–H groups in total. The van der Waals surface area contributed by atoms with Crippen molar-refractivity contribution in [2.45, 2.75) is 37.9 Å². The highest BCUT2D eigenvalue weighted by Gasteiger charge is 2.31. The van der Waals surface area contributed by atoms with Gasteiger partial charge in [-0.25, -0.2) is 13.4 Å². The van der Waals surface area contributed by atoms with Crippen molar-refractivity contribution in [3.05, 3.63) is 47.5 Å². The Morgan fingerprint density at radius 1 is 1.24 bits per heavy atom. The van der Waals surface area contributed by atoms with Crippen LogP contribution in [-0.2, 0) is 21.2 Å². The van der Waals surface area contributed by atoms with E-state index in [0.717, 1.165) is 29.5 Å². The van der Waals surface area contributed by atoms with Crippen molar-refractivity contribution < 1.29 is 13.2 Å². The molecule has 5 rings (SSSR count). The number of carbonyl (C=O) groups excluding carboxylic acids is 1. The van der Waals surface area contributed by atoms with E-state index in [9.17, 15) is 13.2 Å². The summed E-state index contributed by atoms with van der Waals surface area (Å²) in [6.45, 7) is 5.34. The molecule has 1 fully saturated rings. The number of pyridine rings is 1. The van der Waals surface area contributed by atoms with Gasteiger partial charge in [0.05, 0.1) is 35.3 Å². The van der Waals surface area contributed by atoms with Gasteiger partial charge in [-0.2, -0.15) is 5.10 Å². The van der Waals surface area contributed by atoms with E-state index in [1.165, 1.54) is 0 Å². The molecule has 0 radical (unpaired) electrons. The molecule has 1 aromatic carbocycles. The maximum absolute atomic E-state index is 12.6. The van der Waals surface area contributed by atoms with E-state index >= 15 is 0 Å². The summed E-state index contributed by atoms with van der Waals surface area (Å²) >= 11 is 6.24. The van der Waals surface area contributed by atoms with Crippen LogP contribution in [0.4, 0.5) is 0 Å². The first kappa shape index (κ1) is 22.8. The van der Waals surface area contributed by atoms with Crippen molar-refractivity contribution in [2.24, 2.45) is 5.92 Å². The van der Waals surface area contributed by atoms with Crippen LogP contribution in [0.25, 0.3) is 21.9 Å². The van der Waals surface area contributed by atoms with Crippen LogP contribution in [0.5, 0.6) is 0 Å². The Morgan fingerprint density at radius 2 is 2.03 bits per heavy atom. The number of sulfone groups is 1. The molecule has 3 aromatic heterocycles. The van der Waals surface area contributed by atoms with Gasteiger partial charge in [0, 0.05) is 41.9 Å². The zero-order valence-corrected chi connectivity index (χ0v) is 20.7. The lowest BCUT2D eigenvalue weighted by molar-refractivity contribution is -0.133. The van der Waals surface area contributed by atoms with Gasteiger partial charge in [-0.1, -0.05) is 25.4 Å². The minimum absolute atomic E-state index is 0.0187. The number of halogens is 1. The molecule has 4 heterocycles. The lowest BCUT2D eigenvalue weighted by Crippen LogP contribution is -2.32. The summed E-state index contributed by atoms with van der Waals surface area (Å²) in [6, 6.07) is 7.27. The third kappa shape index (κ3) is 3.94. The summed E-state index contributed by atoms with van der Waals surface area (Å²) in [7, 11) is -3.53. The third-order valence-electron chi connectivity index (χ3n) is 6.22. The Morgan fingerprint density at radius 3 is 2.76 bits per heavy atom. The van der Waals surface area contributed by atoms with E-state index in [4.69, 9.17) is 16.6 Å². The third-order valence-corrected chi connectivity index (χ3v) is 7.46. The monoisotopic (exact) mass is 500 g/mol. The van der Waals surface area contributed by atoms with Crippen LogP contribution in [0.1, 0.15) is 32.1 Å². The fourth-order valence-electron chi connectivity index (χ4n) is 4.68. The van der Waals surface area contributed by atoms with Crippen LogP contribution in [0.15, 0.2) is 41.7 Å². The average Bonchev–Trinajstić information content (AvgIpc) is 3.48. The Kier molecular flexibility index (Phi) is 5.60. The summed E-state index contributed by atoms with van der Waals surface area (Å²) in [6.07, 6.45) is 5.11. The Balaban J connectivity index is 1.61. The molecule has 1 aliphatic rings. The molecule has 9 nitrogen and oxygen atoms in total. The Labute approximate surface area is 202 Å². The van der Waals surface area contributed by atoms with Crippen molar-refractivity contribution >= 4 is 49.3 Å². The first-order valence-corrected chi connectivity index (χ1v) is 13.4. The molecule has 1 atom stereocenters. The van der Waals surface area contributed by atoms with Gasteiger partial charge in [0.2, 0.25) is 5.91 Å². The van der Waals surface area contributed by atoms with Crippen LogP contribution in [-0.4, -0.2) is 62.9 Å². The van der Waals surface area contributed by atoms with Gasteiger partial charge in [-0.3, -0.25) is 14.5 Å². The SMILES string of the molecule is CC(C)C(=O)N1CC[C@@H](n2c(Cn3nc(S(C)(=O)=O)c4ccncc43)nc3cc(Cl)ccc32)C1. The number of nitrogens with zero attached hydrogens (tertiary/aromatic N) is 6. The maximum atomic E-state index is 12.6. The highest BCUT2D eigenvalue weighted by molar-refractivity contribution is 7.90. The molecular weight excluding hydrogens is 476 g/mol. The van der Waals surface area contributed by atoms with Gasteiger partial charge in [-0.05, 0) is 30.7 Å². The number of imidazole rings is 1. The molecule has 0 unspecified atom stereocenters. The number of amides is 1. The second-order valence-electron chi connectivity index (χ2n) is 9.04. The minimum Gasteiger partial charge on any atom is -0.340 e. The number of carbonyl (C=O) groups is 1. The topological polar surface area (TPSA) is 103 Å². The van der Waals surface area contributed by atoms with Gasteiger partial charge < -0.3 is 9.47 Å². The molecule has 11 heteroatoms. The van der Waals surface area contributed by atoms with E-state index in [0.29, 0.717) is 29.0 Å². The van der Waals surface area contributed by atoms with Crippen LogP contribution in [0, 0.1) is 5.92 Å². The van der Waals surface area contributed by atoms with E-state index < -0.39 is 9.84 Å². The molecule has 4 aromatic rings. The molecule has 1 saturated heterocycles. The lowest BCUT2D eigenvalue weighted by atomic mass is 10.2. The summed E-state index contributed by atoms with van der Waals surface area (Å²) in [5, 5.41) is 5.55. The molecular formula is C23H25ClN6O3S. The standard InChI is InChI=1S/C23H25ClN6O3S/c1-14(2)23(31)28-9-7-16(12-28)30-19-5-4-15(24)10-18(19)26-21(30)13-29-20-11-25-8-6-17(20)22(27-29)34(3,32)33/h4-6,8,10-11,14,16H,7,9,12-13H2,1-3H3/t16-/m1/s1. The van der Waals surface area contributed by atoms with Crippen molar-refractivity contribution in [3.63, 3.8) is 0 Å². The van der Waals surface area contributed by atoms with Crippen LogP contribution >= 0.6 is 11.6 Å². The van der Waals surface area contributed by atoms with Crippen molar-refractivity contribution in [1.29, 1.82) is 0 Å². The summed E-state index contributed by atoms with van der Waals surface area (Å²) in [5.41, 5.74) is 2.28. The van der Waals surface area contributed by atoms with Gasteiger partial charge in [0.25, 0.3) is 0 Å². The molecule has 0 aliphatic carbocycles.